The van der Waals surface area contributed by atoms with Crippen LogP contribution in [0.25, 0.3) is 0 Å². The average Bonchev–Trinajstić information content (AvgIpc) is 2.44. The van der Waals surface area contributed by atoms with Gasteiger partial charge in [-0.05, 0) is 26.0 Å². The molecule has 5 heteroatoms. The van der Waals surface area contributed by atoms with E-state index in [4.69, 9.17) is 4.74 Å². The molecule has 4 nitrogen and oxygen atoms in total. The van der Waals surface area contributed by atoms with E-state index < -0.39 is 0 Å². The van der Waals surface area contributed by atoms with Crippen molar-refractivity contribution in [2.24, 2.45) is 0 Å². The van der Waals surface area contributed by atoms with E-state index in [-0.39, 0.29) is 30.8 Å². The molecule has 0 saturated carbocycles. The van der Waals surface area contributed by atoms with Gasteiger partial charge < -0.3 is 15.4 Å². The highest BCUT2D eigenvalue weighted by molar-refractivity contribution is 5.75. The molecule has 0 heterocycles. The lowest BCUT2D eigenvalue weighted by molar-refractivity contribution is -0.121. The first-order valence-corrected chi connectivity index (χ1v) is 6.94. The van der Waals surface area contributed by atoms with E-state index in [1.54, 1.807) is 13.1 Å². The lowest BCUT2D eigenvalue weighted by Crippen LogP contribution is -2.22. The number of rotatable bonds is 8. The molecule has 0 aliphatic carbocycles. The SMILES string of the molecule is CCCNC(C)c1ccc(F)cc1OCCC(=O)NC. The van der Waals surface area contributed by atoms with Crippen molar-refractivity contribution in [1.82, 2.24) is 10.6 Å². The number of halogens is 1. The van der Waals surface area contributed by atoms with Gasteiger partial charge in [-0.3, -0.25) is 4.79 Å². The normalized spacial score (nSPS) is 12.0. The van der Waals surface area contributed by atoms with Crippen LogP contribution in [0, 0.1) is 5.82 Å². The predicted octanol–water partition coefficient (Wildman–Crippen LogP) is 2.40. The minimum Gasteiger partial charge on any atom is -0.493 e. The molecule has 0 bridgehead atoms. The first-order valence-electron chi connectivity index (χ1n) is 6.94. The van der Waals surface area contributed by atoms with Gasteiger partial charge in [0.25, 0.3) is 0 Å². The van der Waals surface area contributed by atoms with Crippen LogP contribution in [0.4, 0.5) is 4.39 Å². The van der Waals surface area contributed by atoms with Gasteiger partial charge in [0.15, 0.2) is 0 Å². The lowest BCUT2D eigenvalue weighted by atomic mass is 10.1. The summed E-state index contributed by atoms with van der Waals surface area (Å²) in [6.07, 6.45) is 1.28. The summed E-state index contributed by atoms with van der Waals surface area (Å²) >= 11 is 0. The average molecular weight is 282 g/mol. The standard InChI is InChI=1S/C15H23FN2O2/c1-4-8-18-11(2)13-6-5-12(16)10-14(13)20-9-7-15(19)17-3/h5-6,10-11,18H,4,7-9H2,1-3H3,(H,17,19). The fraction of sp³-hybridized carbons (Fsp3) is 0.533. The van der Waals surface area contributed by atoms with Crippen molar-refractivity contribution in [1.29, 1.82) is 0 Å². The monoisotopic (exact) mass is 282 g/mol. The zero-order valence-electron chi connectivity index (χ0n) is 12.3. The molecule has 0 aromatic heterocycles. The second-order valence-corrected chi connectivity index (χ2v) is 4.63. The quantitative estimate of drug-likeness (QED) is 0.770. The molecule has 2 N–H and O–H groups in total. The molecule has 0 fully saturated rings. The van der Waals surface area contributed by atoms with Crippen molar-refractivity contribution < 1.29 is 13.9 Å². The van der Waals surface area contributed by atoms with E-state index in [9.17, 15) is 9.18 Å². The number of benzene rings is 1. The molecule has 0 aliphatic rings. The van der Waals surface area contributed by atoms with E-state index in [0.717, 1.165) is 18.5 Å². The van der Waals surface area contributed by atoms with Gasteiger partial charge in [0.05, 0.1) is 13.0 Å². The highest BCUT2D eigenvalue weighted by Gasteiger charge is 2.12. The third-order valence-corrected chi connectivity index (χ3v) is 3.01. The third kappa shape index (κ3) is 5.17. The van der Waals surface area contributed by atoms with E-state index in [1.165, 1.54) is 12.1 Å². The number of amides is 1. The van der Waals surface area contributed by atoms with Crippen molar-refractivity contribution in [2.75, 3.05) is 20.2 Å². The summed E-state index contributed by atoms with van der Waals surface area (Å²) in [6.45, 7) is 5.21. The summed E-state index contributed by atoms with van der Waals surface area (Å²) in [6, 6.07) is 4.58. The number of hydrogen-bond acceptors (Lipinski definition) is 3. The summed E-state index contributed by atoms with van der Waals surface area (Å²) in [7, 11) is 1.58. The highest BCUT2D eigenvalue weighted by atomic mass is 19.1. The van der Waals surface area contributed by atoms with Gasteiger partial charge in [0, 0.05) is 24.7 Å². The number of nitrogens with one attached hydrogen (secondary N) is 2. The zero-order chi connectivity index (χ0) is 15.0. The minimum absolute atomic E-state index is 0.0746. The summed E-state index contributed by atoms with van der Waals surface area (Å²) in [5.41, 5.74) is 0.900. The van der Waals surface area contributed by atoms with Crippen molar-refractivity contribution in [3.8, 4) is 5.75 Å². The third-order valence-electron chi connectivity index (χ3n) is 3.01. The fourth-order valence-corrected chi connectivity index (χ4v) is 1.84. The lowest BCUT2D eigenvalue weighted by Gasteiger charge is -2.18. The molecule has 1 amide bonds. The minimum atomic E-state index is -0.341. The Hall–Kier alpha value is -1.62. The van der Waals surface area contributed by atoms with Gasteiger partial charge in [-0.15, -0.1) is 0 Å². The maximum Gasteiger partial charge on any atom is 0.223 e. The number of carbonyl (C=O) groups is 1. The van der Waals surface area contributed by atoms with Gasteiger partial charge in [-0.2, -0.15) is 0 Å². The molecule has 0 saturated heterocycles. The van der Waals surface area contributed by atoms with Crippen molar-refractivity contribution in [3.63, 3.8) is 0 Å². The van der Waals surface area contributed by atoms with Crippen molar-refractivity contribution in [2.45, 2.75) is 32.7 Å². The largest absolute Gasteiger partial charge is 0.493 e. The van der Waals surface area contributed by atoms with Crippen LogP contribution in [0.15, 0.2) is 18.2 Å². The molecular formula is C15H23FN2O2. The Morgan fingerprint density at radius 2 is 2.20 bits per heavy atom. The second-order valence-electron chi connectivity index (χ2n) is 4.63. The molecule has 1 atom stereocenters. The summed E-state index contributed by atoms with van der Waals surface area (Å²) < 4.78 is 18.9. The Balaban J connectivity index is 2.71. The molecule has 112 valence electrons. The molecule has 1 aromatic carbocycles. The van der Waals surface area contributed by atoms with Crippen LogP contribution in [-0.2, 0) is 4.79 Å². The Morgan fingerprint density at radius 1 is 1.45 bits per heavy atom. The number of ether oxygens (including phenoxy) is 1. The summed E-state index contributed by atoms with van der Waals surface area (Å²) in [4.78, 5) is 11.2. The maximum atomic E-state index is 13.3. The molecule has 1 aromatic rings. The van der Waals surface area contributed by atoms with Gasteiger partial charge >= 0.3 is 0 Å². The topological polar surface area (TPSA) is 50.4 Å². The number of carbonyl (C=O) groups excluding carboxylic acids is 1. The number of hydrogen-bond donors (Lipinski definition) is 2. The Labute approximate surface area is 119 Å². The van der Waals surface area contributed by atoms with E-state index in [0.29, 0.717) is 5.75 Å². The molecule has 0 radical (unpaired) electrons. The highest BCUT2D eigenvalue weighted by Crippen LogP contribution is 2.26. The Kier molecular flexibility index (Phi) is 7.01. The molecule has 20 heavy (non-hydrogen) atoms. The first-order chi connectivity index (χ1) is 9.58. The van der Waals surface area contributed by atoms with Gasteiger partial charge in [-0.25, -0.2) is 4.39 Å². The molecular weight excluding hydrogens is 259 g/mol. The summed E-state index contributed by atoms with van der Waals surface area (Å²) in [5.74, 6) is 0.0523. The van der Waals surface area contributed by atoms with Crippen LogP contribution in [0.2, 0.25) is 0 Å². The predicted molar refractivity (Wildman–Crippen MR) is 77.3 cm³/mol. The van der Waals surface area contributed by atoms with Crippen molar-refractivity contribution >= 4 is 5.91 Å². The fourth-order valence-electron chi connectivity index (χ4n) is 1.84. The zero-order valence-corrected chi connectivity index (χ0v) is 12.3. The van der Waals surface area contributed by atoms with Gasteiger partial charge in [-0.1, -0.05) is 13.0 Å². The van der Waals surface area contributed by atoms with E-state index in [1.807, 2.05) is 6.92 Å². The van der Waals surface area contributed by atoms with Crippen LogP contribution in [0.3, 0.4) is 0 Å². The second kappa shape index (κ2) is 8.53. The molecule has 0 aliphatic heterocycles. The Bertz CT molecular complexity index is 438. The van der Waals surface area contributed by atoms with E-state index in [2.05, 4.69) is 17.6 Å². The van der Waals surface area contributed by atoms with Crippen molar-refractivity contribution in [3.05, 3.63) is 29.6 Å². The molecule has 1 rings (SSSR count). The summed E-state index contributed by atoms with van der Waals surface area (Å²) in [5, 5.41) is 5.86. The van der Waals surface area contributed by atoms with Gasteiger partial charge in [0.1, 0.15) is 11.6 Å². The van der Waals surface area contributed by atoms with E-state index >= 15 is 0 Å². The van der Waals surface area contributed by atoms with Gasteiger partial charge in [0.2, 0.25) is 5.91 Å². The molecule has 1 unspecified atom stereocenters. The van der Waals surface area contributed by atoms with Crippen LogP contribution >= 0.6 is 0 Å². The van der Waals surface area contributed by atoms with Crippen LogP contribution < -0.4 is 15.4 Å². The Morgan fingerprint density at radius 3 is 2.85 bits per heavy atom. The smallest absolute Gasteiger partial charge is 0.223 e. The van der Waals surface area contributed by atoms with Crippen LogP contribution in [-0.4, -0.2) is 26.1 Å². The van der Waals surface area contributed by atoms with Crippen LogP contribution in [0.1, 0.15) is 38.3 Å². The van der Waals surface area contributed by atoms with Crippen LogP contribution in [0.5, 0.6) is 5.75 Å². The first kappa shape index (κ1) is 16.4. The maximum absolute atomic E-state index is 13.3. The molecule has 0 spiro atoms.